The fourth-order valence-corrected chi connectivity index (χ4v) is 2.84. The summed E-state index contributed by atoms with van der Waals surface area (Å²) in [5.41, 5.74) is 7.54. The molecule has 0 spiro atoms. The number of hydrogen-bond donors (Lipinski definition) is 2. The van der Waals surface area contributed by atoms with Crippen LogP contribution < -0.4 is 15.8 Å². The quantitative estimate of drug-likeness (QED) is 0.842. The summed E-state index contributed by atoms with van der Waals surface area (Å²) in [6, 6.07) is 13.8. The van der Waals surface area contributed by atoms with Gasteiger partial charge in [0.2, 0.25) is 5.91 Å². The van der Waals surface area contributed by atoms with Crippen molar-refractivity contribution in [1.29, 1.82) is 0 Å². The molecule has 3 rings (SSSR count). The Balaban J connectivity index is 1.66. The van der Waals surface area contributed by atoms with Gasteiger partial charge < -0.3 is 4.90 Å². The Morgan fingerprint density at radius 3 is 2.32 bits per heavy atom. The molecular weight excluding hydrogens is 318 g/mol. The maximum atomic E-state index is 12.2. The highest BCUT2D eigenvalue weighted by molar-refractivity contribution is 6.00. The number of amides is 3. The van der Waals surface area contributed by atoms with E-state index in [2.05, 4.69) is 10.9 Å². The molecule has 1 heterocycles. The standard InChI is InChI=1S/C19H19N3O3/c1-2-17(23)22-11-10-14-12-15(8-9-16(14)22)19(25)21-20-18(24)13-6-4-3-5-7-13/h3-9,12H,2,10-11H2,1H3,(H,20,24)(H,21,25). The second-order valence-corrected chi connectivity index (χ2v) is 5.77. The minimum Gasteiger partial charge on any atom is -0.312 e. The van der Waals surface area contributed by atoms with Crippen molar-refractivity contribution in [2.75, 3.05) is 11.4 Å². The van der Waals surface area contributed by atoms with Crippen molar-refractivity contribution in [2.24, 2.45) is 0 Å². The van der Waals surface area contributed by atoms with Crippen LogP contribution in [-0.4, -0.2) is 24.3 Å². The third-order valence-corrected chi connectivity index (χ3v) is 4.17. The summed E-state index contributed by atoms with van der Waals surface area (Å²) in [5, 5.41) is 0. The Kier molecular flexibility index (Phi) is 4.79. The molecule has 1 aliphatic heterocycles. The summed E-state index contributed by atoms with van der Waals surface area (Å²) in [6.07, 6.45) is 1.17. The summed E-state index contributed by atoms with van der Waals surface area (Å²) < 4.78 is 0. The third-order valence-electron chi connectivity index (χ3n) is 4.17. The summed E-state index contributed by atoms with van der Waals surface area (Å²) in [6.45, 7) is 2.47. The van der Waals surface area contributed by atoms with Gasteiger partial charge in [-0.05, 0) is 42.3 Å². The molecule has 0 fully saturated rings. The Labute approximate surface area is 145 Å². The molecule has 0 bridgehead atoms. The molecular formula is C19H19N3O3. The van der Waals surface area contributed by atoms with Crippen molar-refractivity contribution < 1.29 is 14.4 Å². The molecule has 0 aromatic heterocycles. The van der Waals surface area contributed by atoms with Gasteiger partial charge in [-0.3, -0.25) is 25.2 Å². The van der Waals surface area contributed by atoms with Crippen LogP contribution in [0.2, 0.25) is 0 Å². The normalized spacial score (nSPS) is 12.4. The predicted molar refractivity (Wildman–Crippen MR) is 94.2 cm³/mol. The number of fused-ring (bicyclic) bond motifs is 1. The van der Waals surface area contributed by atoms with Crippen LogP contribution in [-0.2, 0) is 11.2 Å². The first-order chi connectivity index (χ1) is 12.1. The van der Waals surface area contributed by atoms with Gasteiger partial charge in [0.15, 0.2) is 0 Å². The van der Waals surface area contributed by atoms with E-state index in [1.54, 1.807) is 47.4 Å². The molecule has 6 nitrogen and oxygen atoms in total. The molecule has 2 N–H and O–H groups in total. The van der Waals surface area contributed by atoms with Gasteiger partial charge in [-0.1, -0.05) is 25.1 Å². The van der Waals surface area contributed by atoms with Crippen molar-refractivity contribution >= 4 is 23.4 Å². The van der Waals surface area contributed by atoms with E-state index < -0.39 is 5.91 Å². The molecule has 3 amide bonds. The highest BCUT2D eigenvalue weighted by Crippen LogP contribution is 2.29. The summed E-state index contributed by atoms with van der Waals surface area (Å²) in [7, 11) is 0. The molecule has 0 atom stereocenters. The minimum absolute atomic E-state index is 0.0751. The lowest BCUT2D eigenvalue weighted by atomic mass is 10.1. The molecule has 0 aliphatic carbocycles. The van der Waals surface area contributed by atoms with Crippen LogP contribution >= 0.6 is 0 Å². The van der Waals surface area contributed by atoms with Crippen LogP contribution in [0, 0.1) is 0 Å². The van der Waals surface area contributed by atoms with E-state index in [1.807, 2.05) is 13.0 Å². The zero-order valence-corrected chi connectivity index (χ0v) is 13.9. The van der Waals surface area contributed by atoms with Crippen molar-refractivity contribution in [2.45, 2.75) is 19.8 Å². The smallest absolute Gasteiger partial charge is 0.269 e. The topological polar surface area (TPSA) is 78.5 Å². The van der Waals surface area contributed by atoms with Gasteiger partial charge >= 0.3 is 0 Å². The van der Waals surface area contributed by atoms with Crippen LogP contribution in [0.15, 0.2) is 48.5 Å². The van der Waals surface area contributed by atoms with Gasteiger partial charge in [-0.15, -0.1) is 0 Å². The average Bonchev–Trinajstić information content (AvgIpc) is 3.09. The monoisotopic (exact) mass is 337 g/mol. The lowest BCUT2D eigenvalue weighted by Crippen LogP contribution is -2.41. The molecule has 2 aromatic carbocycles. The largest absolute Gasteiger partial charge is 0.312 e. The molecule has 0 saturated heterocycles. The van der Waals surface area contributed by atoms with Crippen molar-refractivity contribution in [1.82, 2.24) is 10.9 Å². The first-order valence-corrected chi connectivity index (χ1v) is 8.19. The van der Waals surface area contributed by atoms with Gasteiger partial charge in [-0.2, -0.15) is 0 Å². The van der Waals surface area contributed by atoms with Gasteiger partial charge in [0.05, 0.1) is 0 Å². The van der Waals surface area contributed by atoms with Gasteiger partial charge in [-0.25, -0.2) is 0 Å². The number of carbonyl (C=O) groups is 3. The highest BCUT2D eigenvalue weighted by atomic mass is 16.2. The molecule has 0 radical (unpaired) electrons. The molecule has 25 heavy (non-hydrogen) atoms. The molecule has 1 aliphatic rings. The van der Waals surface area contributed by atoms with Gasteiger partial charge in [0.1, 0.15) is 0 Å². The number of hydrazine groups is 1. The first-order valence-electron chi connectivity index (χ1n) is 8.19. The van der Waals surface area contributed by atoms with Crippen LogP contribution in [0.5, 0.6) is 0 Å². The summed E-state index contributed by atoms with van der Waals surface area (Å²) >= 11 is 0. The summed E-state index contributed by atoms with van der Waals surface area (Å²) in [5.74, 6) is -0.701. The van der Waals surface area contributed by atoms with E-state index >= 15 is 0 Å². The second-order valence-electron chi connectivity index (χ2n) is 5.77. The van der Waals surface area contributed by atoms with E-state index in [-0.39, 0.29) is 11.8 Å². The van der Waals surface area contributed by atoms with Crippen molar-refractivity contribution in [3.05, 3.63) is 65.2 Å². The third kappa shape index (κ3) is 3.52. The highest BCUT2D eigenvalue weighted by Gasteiger charge is 2.24. The molecule has 0 saturated carbocycles. The van der Waals surface area contributed by atoms with Crippen molar-refractivity contribution in [3.63, 3.8) is 0 Å². The minimum atomic E-state index is -0.396. The van der Waals surface area contributed by atoms with E-state index in [1.165, 1.54) is 0 Å². The number of nitrogens with one attached hydrogen (secondary N) is 2. The number of hydrogen-bond acceptors (Lipinski definition) is 3. The zero-order valence-electron chi connectivity index (χ0n) is 13.9. The van der Waals surface area contributed by atoms with Crippen LogP contribution in [0.25, 0.3) is 0 Å². The lowest BCUT2D eigenvalue weighted by Gasteiger charge is -2.16. The Morgan fingerprint density at radius 2 is 1.64 bits per heavy atom. The number of nitrogens with zero attached hydrogens (tertiary/aromatic N) is 1. The van der Waals surface area contributed by atoms with Crippen LogP contribution in [0.4, 0.5) is 5.69 Å². The summed E-state index contributed by atoms with van der Waals surface area (Å²) in [4.78, 5) is 37.8. The number of benzene rings is 2. The maximum absolute atomic E-state index is 12.2. The SMILES string of the molecule is CCC(=O)N1CCc2cc(C(=O)NNC(=O)c3ccccc3)ccc21. The second kappa shape index (κ2) is 7.17. The fraction of sp³-hybridized carbons (Fsp3) is 0.211. The van der Waals surface area contributed by atoms with Gasteiger partial charge in [0.25, 0.3) is 11.8 Å². The predicted octanol–water partition coefficient (Wildman–Crippen LogP) is 2.06. The first kappa shape index (κ1) is 16.7. The zero-order chi connectivity index (χ0) is 17.8. The number of rotatable bonds is 3. The van der Waals surface area contributed by atoms with Crippen LogP contribution in [0.1, 0.15) is 39.6 Å². The van der Waals surface area contributed by atoms with E-state index in [0.29, 0.717) is 24.1 Å². The Morgan fingerprint density at radius 1 is 0.960 bits per heavy atom. The van der Waals surface area contributed by atoms with E-state index in [4.69, 9.17) is 0 Å². The maximum Gasteiger partial charge on any atom is 0.269 e. The Bertz CT molecular complexity index is 818. The fourth-order valence-electron chi connectivity index (χ4n) is 2.84. The van der Waals surface area contributed by atoms with Gasteiger partial charge in [0, 0.05) is 29.8 Å². The van der Waals surface area contributed by atoms with E-state index in [0.717, 1.165) is 17.7 Å². The molecule has 2 aromatic rings. The Hall–Kier alpha value is -3.15. The molecule has 128 valence electrons. The molecule has 6 heteroatoms. The molecule has 0 unspecified atom stereocenters. The van der Waals surface area contributed by atoms with Crippen LogP contribution in [0.3, 0.4) is 0 Å². The average molecular weight is 337 g/mol. The lowest BCUT2D eigenvalue weighted by molar-refractivity contribution is -0.118. The van der Waals surface area contributed by atoms with Crippen molar-refractivity contribution in [3.8, 4) is 0 Å². The van der Waals surface area contributed by atoms with E-state index in [9.17, 15) is 14.4 Å². The number of carbonyl (C=O) groups excluding carboxylic acids is 3. The number of anilines is 1.